The van der Waals surface area contributed by atoms with E-state index in [9.17, 15) is 17.4 Å². The van der Waals surface area contributed by atoms with Gasteiger partial charge in [-0.2, -0.15) is 8.42 Å². The van der Waals surface area contributed by atoms with Crippen molar-refractivity contribution in [3.63, 3.8) is 0 Å². The minimum absolute atomic E-state index is 0.274. The van der Waals surface area contributed by atoms with Crippen molar-refractivity contribution >= 4 is 10.1 Å². The first-order valence-corrected chi connectivity index (χ1v) is 4.63. The molecule has 5 heteroatoms. The molecule has 61 valence electrons. The molecule has 0 unspecified atom stereocenters. The van der Waals surface area contributed by atoms with Crippen LogP contribution in [0.1, 0.15) is 19.3 Å². The second-order valence-electron chi connectivity index (χ2n) is 2.01. The summed E-state index contributed by atoms with van der Waals surface area (Å²) in [6.45, 7) is -0.446. The van der Waals surface area contributed by atoms with Crippen molar-refractivity contribution in [2.24, 2.45) is 0 Å². The van der Waals surface area contributed by atoms with Crippen LogP contribution in [0.5, 0.6) is 0 Å². The maximum absolute atomic E-state index is 11.4. The number of hydrogen-bond donors (Lipinski definition) is 0. The zero-order chi connectivity index (χ0) is 8.04. The van der Waals surface area contributed by atoms with Crippen LogP contribution in [0.3, 0.4) is 0 Å². The molecular formula is C5H10FO3S. The van der Waals surface area contributed by atoms with Crippen LogP contribution in [-0.2, 0) is 14.7 Å². The molecule has 0 aromatic carbocycles. The molecule has 0 amide bonds. The second-order valence-corrected chi connectivity index (χ2v) is 3.54. The molecule has 0 N–H and O–H groups in total. The first-order chi connectivity index (χ1) is 4.56. The quantitative estimate of drug-likeness (QED) is 0.574. The summed E-state index contributed by atoms with van der Waals surface area (Å²) in [6.07, 6.45) is 1.09. The van der Waals surface area contributed by atoms with Crippen LogP contribution in [0.4, 0.5) is 4.39 Å². The summed E-state index contributed by atoms with van der Waals surface area (Å²) in [6, 6.07) is 0. The maximum Gasteiger partial charge on any atom is 0.294 e. The van der Waals surface area contributed by atoms with Crippen LogP contribution in [0.25, 0.3) is 0 Å². The van der Waals surface area contributed by atoms with E-state index < -0.39 is 16.8 Å². The highest BCUT2D eigenvalue weighted by molar-refractivity contribution is 7.85. The topological polar surface area (TPSA) is 54.0 Å². The summed E-state index contributed by atoms with van der Waals surface area (Å²) in [5.41, 5.74) is 0. The molecule has 0 spiro atoms. The highest BCUT2D eigenvalue weighted by Gasteiger charge is 2.04. The van der Waals surface area contributed by atoms with Crippen LogP contribution in [0.2, 0.25) is 0 Å². The minimum Gasteiger partial charge on any atom is -0.251 e. The molecule has 0 aliphatic rings. The van der Waals surface area contributed by atoms with Crippen molar-refractivity contribution in [3.05, 3.63) is 0 Å². The normalized spacial score (nSPS) is 11.8. The zero-order valence-electron chi connectivity index (χ0n) is 5.55. The highest BCUT2D eigenvalue weighted by atomic mass is 32.2. The van der Waals surface area contributed by atoms with Gasteiger partial charge in [0, 0.05) is 0 Å². The van der Waals surface area contributed by atoms with Crippen LogP contribution < -0.4 is 0 Å². The smallest absolute Gasteiger partial charge is 0.251 e. The standard InChI is InChI=1S/C5H10FO3S/c6-4-2-1-3-5-10(7,8)9/h1-5H2. The SMILES string of the molecule is [O]S(=O)(=O)CCCCCF. The Balaban J connectivity index is 3.21. The van der Waals surface area contributed by atoms with E-state index in [1.807, 2.05) is 0 Å². The summed E-state index contributed by atoms with van der Waals surface area (Å²) in [7, 11) is -4.08. The van der Waals surface area contributed by atoms with Gasteiger partial charge in [0.15, 0.2) is 0 Å². The van der Waals surface area contributed by atoms with Crippen LogP contribution in [-0.4, -0.2) is 20.8 Å². The molecule has 10 heavy (non-hydrogen) atoms. The van der Waals surface area contributed by atoms with Gasteiger partial charge in [0.25, 0.3) is 10.1 Å². The summed E-state index contributed by atoms with van der Waals surface area (Å²) in [5.74, 6) is -0.368. The van der Waals surface area contributed by atoms with Gasteiger partial charge in [-0.05, 0) is 19.3 Å². The third-order valence-electron chi connectivity index (χ3n) is 1.03. The largest absolute Gasteiger partial charge is 0.294 e. The molecule has 0 atom stereocenters. The van der Waals surface area contributed by atoms with Gasteiger partial charge in [0.05, 0.1) is 12.4 Å². The van der Waals surface area contributed by atoms with Gasteiger partial charge in [-0.1, -0.05) is 4.55 Å². The summed E-state index contributed by atoms with van der Waals surface area (Å²) >= 11 is 0. The Hall–Kier alpha value is -0.160. The lowest BCUT2D eigenvalue weighted by Gasteiger charge is -1.92. The molecule has 0 aromatic rings. The minimum atomic E-state index is -4.08. The maximum atomic E-state index is 11.4. The molecule has 0 aromatic heterocycles. The van der Waals surface area contributed by atoms with E-state index in [-0.39, 0.29) is 12.2 Å². The van der Waals surface area contributed by atoms with Crippen LogP contribution in [0, 0.1) is 0 Å². The van der Waals surface area contributed by atoms with Crippen molar-refractivity contribution in [1.82, 2.24) is 0 Å². The van der Waals surface area contributed by atoms with E-state index in [1.165, 1.54) is 0 Å². The molecule has 1 radical (unpaired) electrons. The van der Waals surface area contributed by atoms with Crippen molar-refractivity contribution in [2.75, 3.05) is 12.4 Å². The molecule has 0 saturated heterocycles. The predicted molar refractivity (Wildman–Crippen MR) is 34.3 cm³/mol. The molecule has 3 nitrogen and oxygen atoms in total. The van der Waals surface area contributed by atoms with Gasteiger partial charge in [-0.15, -0.1) is 0 Å². The van der Waals surface area contributed by atoms with Gasteiger partial charge in [0.1, 0.15) is 0 Å². The average Bonchev–Trinajstić information content (AvgIpc) is 1.78. The molecule has 0 aliphatic heterocycles. The summed E-state index contributed by atoms with van der Waals surface area (Å²) in [5, 5.41) is 0. The third-order valence-corrected chi connectivity index (χ3v) is 1.82. The monoisotopic (exact) mass is 169 g/mol. The molecular weight excluding hydrogens is 159 g/mol. The number of halogens is 1. The Bertz CT molecular complexity index is 164. The molecule has 0 aliphatic carbocycles. The Kier molecular flexibility index (Phi) is 4.55. The van der Waals surface area contributed by atoms with Crippen LogP contribution >= 0.6 is 0 Å². The molecule has 0 heterocycles. The van der Waals surface area contributed by atoms with E-state index in [0.717, 1.165) is 0 Å². The van der Waals surface area contributed by atoms with Crippen molar-refractivity contribution < 1.29 is 17.4 Å². The Labute approximate surface area is 60.0 Å². The van der Waals surface area contributed by atoms with Gasteiger partial charge >= 0.3 is 0 Å². The predicted octanol–water partition coefficient (Wildman–Crippen LogP) is 0.887. The van der Waals surface area contributed by atoms with Crippen molar-refractivity contribution in [2.45, 2.75) is 19.3 Å². The fourth-order valence-corrected chi connectivity index (χ4v) is 1.11. The average molecular weight is 169 g/mol. The van der Waals surface area contributed by atoms with Gasteiger partial charge in [-0.25, -0.2) is 0 Å². The molecule has 0 fully saturated rings. The number of alkyl halides is 1. The molecule has 0 rings (SSSR count). The lowest BCUT2D eigenvalue weighted by molar-refractivity contribution is 0.409. The lowest BCUT2D eigenvalue weighted by Crippen LogP contribution is -2.01. The zero-order valence-corrected chi connectivity index (χ0v) is 6.36. The van der Waals surface area contributed by atoms with Gasteiger partial charge < -0.3 is 0 Å². The molecule has 0 saturated carbocycles. The van der Waals surface area contributed by atoms with Crippen molar-refractivity contribution in [3.8, 4) is 0 Å². The van der Waals surface area contributed by atoms with E-state index in [0.29, 0.717) is 12.8 Å². The summed E-state index contributed by atoms with van der Waals surface area (Å²) in [4.78, 5) is 0. The Morgan fingerprint density at radius 1 is 1.10 bits per heavy atom. The lowest BCUT2D eigenvalue weighted by atomic mass is 10.3. The number of unbranched alkanes of at least 4 members (excludes halogenated alkanes) is 2. The van der Waals surface area contributed by atoms with E-state index in [2.05, 4.69) is 0 Å². The van der Waals surface area contributed by atoms with E-state index in [4.69, 9.17) is 0 Å². The second kappa shape index (κ2) is 4.62. The Morgan fingerprint density at radius 2 is 1.70 bits per heavy atom. The van der Waals surface area contributed by atoms with Crippen LogP contribution in [0.15, 0.2) is 0 Å². The fourth-order valence-electron chi connectivity index (χ4n) is 0.550. The Morgan fingerprint density at radius 3 is 2.10 bits per heavy atom. The summed E-state index contributed by atoms with van der Waals surface area (Å²) < 4.78 is 41.2. The fraction of sp³-hybridized carbons (Fsp3) is 1.00. The van der Waals surface area contributed by atoms with E-state index in [1.54, 1.807) is 0 Å². The number of rotatable bonds is 5. The van der Waals surface area contributed by atoms with E-state index >= 15 is 0 Å². The molecule has 0 bridgehead atoms. The highest BCUT2D eigenvalue weighted by Crippen LogP contribution is 1.98. The van der Waals surface area contributed by atoms with Gasteiger partial charge in [-0.3, -0.25) is 4.39 Å². The number of hydrogen-bond acceptors (Lipinski definition) is 2. The van der Waals surface area contributed by atoms with Gasteiger partial charge in [0.2, 0.25) is 0 Å². The van der Waals surface area contributed by atoms with Crippen molar-refractivity contribution in [1.29, 1.82) is 0 Å². The first kappa shape index (κ1) is 9.84. The first-order valence-electron chi connectivity index (χ1n) is 3.06. The third kappa shape index (κ3) is 7.84.